The number of hydrogen-bond acceptors (Lipinski definition) is 2. The van der Waals surface area contributed by atoms with E-state index in [2.05, 4.69) is 48.1 Å². The van der Waals surface area contributed by atoms with Crippen molar-refractivity contribution in [3.63, 3.8) is 0 Å². The fourth-order valence-electron chi connectivity index (χ4n) is 1.87. The molecule has 3 nitrogen and oxygen atoms in total. The quantitative estimate of drug-likeness (QED) is 0.634. The fraction of sp³-hybridized carbons (Fsp3) is 0.417. The van der Waals surface area contributed by atoms with Crippen molar-refractivity contribution >= 4 is 24.3 Å². The van der Waals surface area contributed by atoms with Gasteiger partial charge >= 0.3 is 100 Å². The Kier molecular flexibility index (Phi) is 3.64. The summed E-state index contributed by atoms with van der Waals surface area (Å²) >= 11 is -0.624. The maximum atomic E-state index is 10.7. The second-order valence-electron chi connectivity index (χ2n) is 3.99. The number of nitrogens with one attached hydrogen (secondary N) is 2. The standard InChI is InChI=1S/C12H16N2OSe/c1-9-12(8-13-14-10(2)15)16(9)11-6-4-3-5-7-11/h3-7,9,12-13H,8H2,1-2H3/p+1. The summed E-state index contributed by atoms with van der Waals surface area (Å²) in [6.45, 7) is 4.74. The van der Waals surface area contributed by atoms with Crippen molar-refractivity contribution in [2.45, 2.75) is 23.5 Å². The van der Waals surface area contributed by atoms with Gasteiger partial charge in [0.2, 0.25) is 0 Å². The van der Waals surface area contributed by atoms with E-state index in [0.29, 0.717) is 0 Å². The van der Waals surface area contributed by atoms with Gasteiger partial charge in [0.05, 0.1) is 0 Å². The maximum absolute atomic E-state index is 10.7. The van der Waals surface area contributed by atoms with E-state index in [1.165, 1.54) is 11.4 Å². The van der Waals surface area contributed by atoms with Gasteiger partial charge in [-0.2, -0.15) is 0 Å². The molecule has 0 radical (unpaired) electrons. The molecule has 1 aromatic rings. The van der Waals surface area contributed by atoms with Gasteiger partial charge < -0.3 is 0 Å². The molecule has 86 valence electrons. The molecule has 1 amide bonds. The molecule has 1 fully saturated rings. The first-order valence-electron chi connectivity index (χ1n) is 5.46. The van der Waals surface area contributed by atoms with E-state index in [1.54, 1.807) is 0 Å². The monoisotopic (exact) mass is 285 g/mol. The molecule has 0 saturated carbocycles. The van der Waals surface area contributed by atoms with Gasteiger partial charge in [0.25, 0.3) is 0 Å². The van der Waals surface area contributed by atoms with E-state index in [9.17, 15) is 4.79 Å². The first kappa shape index (κ1) is 11.6. The Hall–Kier alpha value is -0.831. The number of carbonyl (C=O) groups is 1. The number of hydrazine groups is 1. The van der Waals surface area contributed by atoms with Crippen LogP contribution in [0.4, 0.5) is 0 Å². The minimum atomic E-state index is -0.624. The van der Waals surface area contributed by atoms with Crippen LogP contribution in [0.5, 0.6) is 0 Å². The Labute approximate surface area is 100 Å². The zero-order chi connectivity index (χ0) is 11.5. The van der Waals surface area contributed by atoms with Gasteiger partial charge in [-0.3, -0.25) is 0 Å². The number of carbonyl (C=O) groups excluding carboxylic acids is 1. The predicted octanol–water partition coefficient (Wildman–Crippen LogP) is 0.803. The molecule has 1 aliphatic rings. The molecule has 1 aliphatic heterocycles. The molecular weight excluding hydrogens is 267 g/mol. The van der Waals surface area contributed by atoms with Crippen LogP contribution >= 0.6 is 0 Å². The SMILES string of the molecule is CC(=O)NNCC1C(C)[Se+]1c1ccccc1. The summed E-state index contributed by atoms with van der Waals surface area (Å²) in [6.07, 6.45) is 0. The Bertz CT molecular complexity index is 369. The molecule has 1 heterocycles. The summed E-state index contributed by atoms with van der Waals surface area (Å²) in [5.74, 6) is -0.0236. The van der Waals surface area contributed by atoms with Gasteiger partial charge in [-0.05, 0) is 0 Å². The van der Waals surface area contributed by atoms with E-state index in [4.69, 9.17) is 0 Å². The summed E-state index contributed by atoms with van der Waals surface area (Å²) < 4.78 is 1.53. The van der Waals surface area contributed by atoms with Crippen molar-refractivity contribution in [2.24, 2.45) is 0 Å². The van der Waals surface area contributed by atoms with Crippen LogP contribution in [0.15, 0.2) is 30.3 Å². The molecule has 3 atom stereocenters. The van der Waals surface area contributed by atoms with Gasteiger partial charge in [-0.1, -0.05) is 0 Å². The van der Waals surface area contributed by atoms with E-state index < -0.39 is 13.9 Å². The zero-order valence-electron chi connectivity index (χ0n) is 9.57. The van der Waals surface area contributed by atoms with Crippen molar-refractivity contribution in [3.05, 3.63) is 30.3 Å². The van der Waals surface area contributed by atoms with Crippen molar-refractivity contribution in [3.8, 4) is 0 Å². The number of hydrogen-bond donors (Lipinski definition) is 2. The molecule has 4 heteroatoms. The number of rotatable bonds is 4. The molecule has 2 rings (SSSR count). The topological polar surface area (TPSA) is 41.1 Å². The van der Waals surface area contributed by atoms with Gasteiger partial charge in [0.1, 0.15) is 0 Å². The van der Waals surface area contributed by atoms with Crippen LogP contribution in [0.1, 0.15) is 13.8 Å². The average molecular weight is 284 g/mol. The van der Waals surface area contributed by atoms with E-state index >= 15 is 0 Å². The summed E-state index contributed by atoms with van der Waals surface area (Å²) in [7, 11) is 0. The Morgan fingerprint density at radius 2 is 2.06 bits per heavy atom. The average Bonchev–Trinajstić information content (AvgIpc) is 2.90. The van der Waals surface area contributed by atoms with Crippen LogP contribution in [0.25, 0.3) is 0 Å². The van der Waals surface area contributed by atoms with Crippen LogP contribution < -0.4 is 15.3 Å². The molecular formula is C12H17N2OSe+. The van der Waals surface area contributed by atoms with E-state index in [0.717, 1.165) is 16.2 Å². The molecule has 1 saturated heterocycles. The van der Waals surface area contributed by atoms with Crippen LogP contribution in [-0.2, 0) is 4.79 Å². The summed E-state index contributed by atoms with van der Waals surface area (Å²) in [5, 5.41) is 0. The second kappa shape index (κ2) is 5.00. The molecule has 3 unspecified atom stereocenters. The first-order valence-corrected chi connectivity index (χ1v) is 8.30. The normalized spacial score (nSPS) is 27.5. The van der Waals surface area contributed by atoms with Gasteiger partial charge in [0.15, 0.2) is 0 Å². The molecule has 2 N–H and O–H groups in total. The second-order valence-corrected chi connectivity index (χ2v) is 9.37. The molecule has 1 aromatic carbocycles. The zero-order valence-corrected chi connectivity index (χ0v) is 11.3. The van der Waals surface area contributed by atoms with Crippen LogP contribution in [-0.4, -0.2) is 26.4 Å². The predicted molar refractivity (Wildman–Crippen MR) is 66.8 cm³/mol. The molecule has 0 bridgehead atoms. The third-order valence-electron chi connectivity index (χ3n) is 2.76. The van der Waals surface area contributed by atoms with Gasteiger partial charge in [-0.25, -0.2) is 0 Å². The molecule has 16 heavy (non-hydrogen) atoms. The van der Waals surface area contributed by atoms with Crippen molar-refractivity contribution in [1.82, 2.24) is 10.9 Å². The first-order chi connectivity index (χ1) is 7.70. The fourth-order valence-corrected chi connectivity index (χ4v) is 7.43. The van der Waals surface area contributed by atoms with Gasteiger partial charge in [0, 0.05) is 0 Å². The molecule has 0 spiro atoms. The van der Waals surface area contributed by atoms with Crippen LogP contribution in [0, 0.1) is 0 Å². The van der Waals surface area contributed by atoms with Crippen LogP contribution in [0.3, 0.4) is 0 Å². The third-order valence-corrected chi connectivity index (χ3v) is 8.76. The summed E-state index contributed by atoms with van der Waals surface area (Å²) in [6, 6.07) is 10.8. The number of amides is 1. The molecule has 0 aliphatic carbocycles. The van der Waals surface area contributed by atoms with E-state index in [-0.39, 0.29) is 5.91 Å². The van der Waals surface area contributed by atoms with Crippen LogP contribution in [0.2, 0.25) is 9.63 Å². The summed E-state index contributed by atoms with van der Waals surface area (Å²) in [5.41, 5.74) is 5.65. The Morgan fingerprint density at radius 1 is 1.38 bits per heavy atom. The Balaban J connectivity index is 1.84. The van der Waals surface area contributed by atoms with Crippen molar-refractivity contribution in [1.29, 1.82) is 0 Å². The van der Waals surface area contributed by atoms with Gasteiger partial charge in [-0.15, -0.1) is 0 Å². The molecule has 0 aromatic heterocycles. The van der Waals surface area contributed by atoms with Crippen molar-refractivity contribution < 1.29 is 4.79 Å². The minimum absolute atomic E-state index is 0.0236. The third kappa shape index (κ3) is 2.64. The number of benzene rings is 1. The van der Waals surface area contributed by atoms with E-state index in [1.807, 2.05) is 0 Å². The Morgan fingerprint density at radius 3 is 2.69 bits per heavy atom. The van der Waals surface area contributed by atoms with Crippen molar-refractivity contribution in [2.75, 3.05) is 6.54 Å². The summed E-state index contributed by atoms with van der Waals surface area (Å²) in [4.78, 5) is 12.3.